The average molecular weight is 274 g/mol. The van der Waals surface area contributed by atoms with Gasteiger partial charge in [0.25, 0.3) is 0 Å². The number of benzene rings is 1. The minimum Gasteiger partial charge on any atom is -0.493 e. The molecule has 4 heteroatoms. The van der Waals surface area contributed by atoms with E-state index in [1.54, 1.807) is 0 Å². The molecule has 0 aliphatic rings. The summed E-state index contributed by atoms with van der Waals surface area (Å²) in [6.45, 7) is 8.23. The van der Waals surface area contributed by atoms with E-state index in [4.69, 9.17) is 4.74 Å². The lowest BCUT2D eigenvalue weighted by molar-refractivity contribution is -0.137. The summed E-state index contributed by atoms with van der Waals surface area (Å²) in [6.07, 6.45) is -2.43. The number of hydrogen-bond donors (Lipinski definition) is 0. The molecule has 0 N–H and O–H groups in total. The van der Waals surface area contributed by atoms with Gasteiger partial charge in [0.2, 0.25) is 0 Å². The molecule has 0 saturated heterocycles. The maximum atomic E-state index is 12.8. The molecule has 0 aromatic heterocycles. The molecule has 108 valence electrons. The van der Waals surface area contributed by atoms with Crippen LogP contribution in [0.3, 0.4) is 0 Å². The second kappa shape index (κ2) is 5.85. The van der Waals surface area contributed by atoms with Gasteiger partial charge in [-0.3, -0.25) is 0 Å². The fourth-order valence-electron chi connectivity index (χ4n) is 1.74. The van der Waals surface area contributed by atoms with E-state index in [1.807, 2.05) is 27.7 Å². The first kappa shape index (κ1) is 15.9. The first-order valence-electron chi connectivity index (χ1n) is 6.50. The van der Waals surface area contributed by atoms with Crippen molar-refractivity contribution in [1.29, 1.82) is 0 Å². The lowest BCUT2D eigenvalue weighted by Gasteiger charge is -2.24. The standard InChI is InChI=1S/C15H21F3O/c1-5-6-9-19-13-8-7-11(15(16,17)18)10-12(13)14(2,3)4/h7-8,10H,5-6,9H2,1-4H3. The zero-order valence-electron chi connectivity index (χ0n) is 11.9. The Hall–Kier alpha value is -1.19. The third kappa shape index (κ3) is 4.44. The minimum atomic E-state index is -4.32. The molecule has 0 unspecified atom stereocenters. The smallest absolute Gasteiger partial charge is 0.416 e. The van der Waals surface area contributed by atoms with Crippen LogP contribution in [0, 0.1) is 0 Å². The molecule has 1 nitrogen and oxygen atoms in total. The molecule has 1 aromatic carbocycles. The van der Waals surface area contributed by atoms with Crippen LogP contribution in [0.25, 0.3) is 0 Å². The zero-order chi connectivity index (χ0) is 14.7. The van der Waals surface area contributed by atoms with Gasteiger partial charge in [-0.25, -0.2) is 0 Å². The van der Waals surface area contributed by atoms with Crippen molar-refractivity contribution in [2.75, 3.05) is 6.61 Å². The van der Waals surface area contributed by atoms with Crippen LogP contribution in [-0.4, -0.2) is 6.61 Å². The lowest BCUT2D eigenvalue weighted by Crippen LogP contribution is -2.16. The van der Waals surface area contributed by atoms with Gasteiger partial charge in [-0.1, -0.05) is 34.1 Å². The van der Waals surface area contributed by atoms with Crippen LogP contribution < -0.4 is 4.74 Å². The molecule has 0 spiro atoms. The first-order valence-corrected chi connectivity index (χ1v) is 6.50. The van der Waals surface area contributed by atoms with Crippen molar-refractivity contribution in [1.82, 2.24) is 0 Å². The first-order chi connectivity index (χ1) is 8.66. The van der Waals surface area contributed by atoms with E-state index in [0.717, 1.165) is 18.9 Å². The summed E-state index contributed by atoms with van der Waals surface area (Å²) in [5.41, 5.74) is -0.415. The molecule has 0 radical (unpaired) electrons. The predicted molar refractivity (Wildman–Crippen MR) is 70.5 cm³/mol. The summed E-state index contributed by atoms with van der Waals surface area (Å²) < 4.78 is 43.9. The van der Waals surface area contributed by atoms with Crippen LogP contribution in [0.1, 0.15) is 51.7 Å². The Morgan fingerprint density at radius 3 is 2.21 bits per heavy atom. The Kier molecular flexibility index (Phi) is 4.88. The van der Waals surface area contributed by atoms with Gasteiger partial charge in [0.05, 0.1) is 12.2 Å². The van der Waals surface area contributed by atoms with Crippen LogP contribution in [0.5, 0.6) is 5.75 Å². The third-order valence-corrected chi connectivity index (χ3v) is 2.87. The number of alkyl halides is 3. The van der Waals surface area contributed by atoms with E-state index >= 15 is 0 Å². The highest BCUT2D eigenvalue weighted by Crippen LogP contribution is 2.37. The van der Waals surface area contributed by atoms with Crippen LogP contribution in [0.15, 0.2) is 18.2 Å². The SMILES string of the molecule is CCCCOc1ccc(C(F)(F)F)cc1C(C)(C)C. The molecular formula is C15H21F3O. The van der Waals surface area contributed by atoms with E-state index < -0.39 is 11.7 Å². The van der Waals surface area contributed by atoms with E-state index in [1.165, 1.54) is 12.1 Å². The van der Waals surface area contributed by atoms with E-state index in [0.29, 0.717) is 17.9 Å². The molecule has 1 aromatic rings. The molecule has 0 atom stereocenters. The normalized spacial score (nSPS) is 12.6. The van der Waals surface area contributed by atoms with Gasteiger partial charge in [-0.05, 0) is 30.0 Å². The molecular weight excluding hydrogens is 253 g/mol. The van der Waals surface area contributed by atoms with Gasteiger partial charge < -0.3 is 4.74 Å². The van der Waals surface area contributed by atoms with Gasteiger partial charge in [0, 0.05) is 5.56 Å². The Morgan fingerprint density at radius 2 is 1.74 bits per heavy atom. The summed E-state index contributed by atoms with van der Waals surface area (Å²) in [5.74, 6) is 0.550. The zero-order valence-corrected chi connectivity index (χ0v) is 11.9. The van der Waals surface area contributed by atoms with Gasteiger partial charge in [0.15, 0.2) is 0 Å². The second-order valence-electron chi connectivity index (χ2n) is 5.66. The summed E-state index contributed by atoms with van der Waals surface area (Å²) in [4.78, 5) is 0. The summed E-state index contributed by atoms with van der Waals surface area (Å²) >= 11 is 0. The number of hydrogen-bond acceptors (Lipinski definition) is 1. The second-order valence-corrected chi connectivity index (χ2v) is 5.66. The van der Waals surface area contributed by atoms with Gasteiger partial charge >= 0.3 is 6.18 Å². The molecule has 0 saturated carbocycles. The highest BCUT2D eigenvalue weighted by molar-refractivity contribution is 5.42. The number of ether oxygens (including phenoxy) is 1. The maximum Gasteiger partial charge on any atom is 0.416 e. The average Bonchev–Trinajstić information content (AvgIpc) is 2.27. The topological polar surface area (TPSA) is 9.23 Å². The molecule has 0 fully saturated rings. The summed E-state index contributed by atoms with van der Waals surface area (Å²) in [7, 11) is 0. The highest BCUT2D eigenvalue weighted by Gasteiger charge is 2.32. The maximum absolute atomic E-state index is 12.8. The Morgan fingerprint density at radius 1 is 1.11 bits per heavy atom. The molecule has 0 aliphatic carbocycles. The van der Waals surface area contributed by atoms with E-state index in [2.05, 4.69) is 0 Å². The third-order valence-electron chi connectivity index (χ3n) is 2.87. The largest absolute Gasteiger partial charge is 0.493 e. The Balaban J connectivity index is 3.11. The molecule has 0 bridgehead atoms. The van der Waals surface area contributed by atoms with Crippen molar-refractivity contribution in [3.05, 3.63) is 29.3 Å². The number of halogens is 3. The van der Waals surface area contributed by atoms with Gasteiger partial charge in [-0.2, -0.15) is 13.2 Å². The van der Waals surface area contributed by atoms with Crippen molar-refractivity contribution in [2.45, 2.75) is 52.1 Å². The Labute approximate surface area is 112 Å². The molecule has 0 heterocycles. The van der Waals surface area contributed by atoms with Gasteiger partial charge in [0.1, 0.15) is 5.75 Å². The van der Waals surface area contributed by atoms with Crippen LogP contribution in [-0.2, 0) is 11.6 Å². The highest BCUT2D eigenvalue weighted by atomic mass is 19.4. The van der Waals surface area contributed by atoms with Crippen LogP contribution in [0.4, 0.5) is 13.2 Å². The quantitative estimate of drug-likeness (QED) is 0.687. The van der Waals surface area contributed by atoms with Crippen molar-refractivity contribution in [3.8, 4) is 5.75 Å². The summed E-state index contributed by atoms with van der Waals surface area (Å²) in [6, 6.07) is 3.71. The molecule has 19 heavy (non-hydrogen) atoms. The predicted octanol–water partition coefficient (Wildman–Crippen LogP) is 5.18. The van der Waals surface area contributed by atoms with Crippen molar-refractivity contribution >= 4 is 0 Å². The monoisotopic (exact) mass is 274 g/mol. The Bertz CT molecular complexity index is 416. The van der Waals surface area contributed by atoms with E-state index in [9.17, 15) is 13.2 Å². The van der Waals surface area contributed by atoms with Crippen LogP contribution >= 0.6 is 0 Å². The van der Waals surface area contributed by atoms with Crippen LogP contribution in [0.2, 0.25) is 0 Å². The fraction of sp³-hybridized carbons (Fsp3) is 0.600. The lowest BCUT2D eigenvalue weighted by atomic mass is 9.85. The number of rotatable bonds is 4. The molecule has 1 rings (SSSR count). The molecule has 0 amide bonds. The molecule has 0 aliphatic heterocycles. The van der Waals surface area contributed by atoms with Crippen molar-refractivity contribution in [2.24, 2.45) is 0 Å². The van der Waals surface area contributed by atoms with E-state index in [-0.39, 0.29) is 5.41 Å². The fourth-order valence-corrected chi connectivity index (χ4v) is 1.74. The van der Waals surface area contributed by atoms with Gasteiger partial charge in [-0.15, -0.1) is 0 Å². The van der Waals surface area contributed by atoms with Crippen molar-refractivity contribution in [3.63, 3.8) is 0 Å². The van der Waals surface area contributed by atoms with Crippen molar-refractivity contribution < 1.29 is 17.9 Å². The summed E-state index contributed by atoms with van der Waals surface area (Å²) in [5, 5.41) is 0. The number of unbranched alkanes of at least 4 members (excludes halogenated alkanes) is 1. The minimum absolute atomic E-state index is 0.386.